The first-order valence-electron chi connectivity index (χ1n) is 3.95. The number of pyridine rings is 1. The minimum Gasteiger partial charge on any atom is -0.467 e. The first-order valence-corrected chi connectivity index (χ1v) is 4.33. The van der Waals surface area contributed by atoms with Crippen LogP contribution in [0.4, 0.5) is 0 Å². The Morgan fingerprint density at radius 3 is 2.79 bits per heavy atom. The van der Waals surface area contributed by atoms with E-state index in [1.807, 2.05) is 0 Å². The zero-order valence-electron chi connectivity index (χ0n) is 7.82. The third-order valence-electron chi connectivity index (χ3n) is 1.74. The second-order valence-corrected chi connectivity index (χ2v) is 3.12. The van der Waals surface area contributed by atoms with Gasteiger partial charge in [-0.2, -0.15) is 0 Å². The molecule has 0 aliphatic heterocycles. The van der Waals surface area contributed by atoms with Gasteiger partial charge >= 0.3 is 5.97 Å². The number of hydrogen-bond donors (Lipinski definition) is 1. The highest BCUT2D eigenvalue weighted by atomic mass is 35.5. The molecule has 76 valence electrons. The van der Waals surface area contributed by atoms with Crippen LogP contribution in [0.25, 0.3) is 0 Å². The van der Waals surface area contributed by atoms with E-state index in [2.05, 4.69) is 9.72 Å². The second kappa shape index (κ2) is 4.39. The topological polar surface area (TPSA) is 59.4 Å². The van der Waals surface area contributed by atoms with Crippen molar-refractivity contribution in [1.82, 2.24) is 4.98 Å². The highest BCUT2D eigenvalue weighted by Gasteiger charge is 2.21. The van der Waals surface area contributed by atoms with Crippen LogP contribution in [-0.2, 0) is 9.53 Å². The van der Waals surface area contributed by atoms with Gasteiger partial charge in [0.15, 0.2) is 6.10 Å². The van der Waals surface area contributed by atoms with Crippen molar-refractivity contribution < 1.29 is 14.6 Å². The van der Waals surface area contributed by atoms with Crippen molar-refractivity contribution in [3.8, 4) is 0 Å². The van der Waals surface area contributed by atoms with E-state index >= 15 is 0 Å². The fourth-order valence-electron chi connectivity index (χ4n) is 0.978. The van der Waals surface area contributed by atoms with Crippen molar-refractivity contribution in [3.63, 3.8) is 0 Å². The number of esters is 1. The molecule has 1 atom stereocenters. The molecule has 0 bridgehead atoms. The predicted molar refractivity (Wildman–Crippen MR) is 51.0 cm³/mol. The molecule has 1 N–H and O–H groups in total. The molecule has 0 saturated carbocycles. The minimum absolute atomic E-state index is 0.114. The average molecular weight is 216 g/mol. The monoisotopic (exact) mass is 215 g/mol. The third-order valence-corrected chi connectivity index (χ3v) is 2.04. The standard InChI is InChI=1S/C9H10ClNO3/c1-5-3-4-6(8(10)11-5)7(12)9(13)14-2/h3-4,7,12H,1-2H3. The molecule has 1 unspecified atom stereocenters. The molecule has 1 heterocycles. The Morgan fingerprint density at radius 2 is 2.29 bits per heavy atom. The highest BCUT2D eigenvalue weighted by Crippen LogP contribution is 2.22. The number of halogens is 1. The van der Waals surface area contributed by atoms with E-state index in [9.17, 15) is 9.90 Å². The highest BCUT2D eigenvalue weighted by molar-refractivity contribution is 6.30. The Labute approximate surface area is 86.5 Å². The molecular formula is C9H10ClNO3. The quantitative estimate of drug-likeness (QED) is 0.596. The summed E-state index contributed by atoms with van der Waals surface area (Å²) in [6.45, 7) is 1.76. The Bertz CT molecular complexity index is 354. The Kier molecular flexibility index (Phi) is 3.43. The van der Waals surface area contributed by atoms with Crippen LogP contribution in [0.1, 0.15) is 17.4 Å². The molecule has 1 rings (SSSR count). The number of hydrogen-bond acceptors (Lipinski definition) is 4. The van der Waals surface area contributed by atoms with E-state index in [0.717, 1.165) is 5.69 Å². The number of ether oxygens (including phenoxy) is 1. The summed E-state index contributed by atoms with van der Waals surface area (Å²) in [6, 6.07) is 3.21. The van der Waals surface area contributed by atoms with Gasteiger partial charge in [0, 0.05) is 11.3 Å². The molecule has 0 aliphatic rings. The molecule has 0 aliphatic carbocycles. The van der Waals surface area contributed by atoms with Crippen LogP contribution in [0, 0.1) is 6.92 Å². The summed E-state index contributed by atoms with van der Waals surface area (Å²) >= 11 is 5.75. The largest absolute Gasteiger partial charge is 0.467 e. The molecule has 1 aromatic heterocycles. The summed E-state index contributed by atoms with van der Waals surface area (Å²) in [5, 5.41) is 9.58. The maximum Gasteiger partial charge on any atom is 0.339 e. The molecule has 0 saturated heterocycles. The number of aliphatic hydroxyl groups is 1. The lowest BCUT2D eigenvalue weighted by Gasteiger charge is -2.09. The van der Waals surface area contributed by atoms with E-state index < -0.39 is 12.1 Å². The smallest absolute Gasteiger partial charge is 0.339 e. The lowest BCUT2D eigenvalue weighted by Crippen LogP contribution is -2.14. The number of methoxy groups -OCH3 is 1. The van der Waals surface area contributed by atoms with Gasteiger partial charge < -0.3 is 9.84 Å². The van der Waals surface area contributed by atoms with Crippen molar-refractivity contribution in [2.75, 3.05) is 7.11 Å². The molecule has 0 amide bonds. The fourth-order valence-corrected chi connectivity index (χ4v) is 1.28. The number of rotatable bonds is 2. The Hall–Kier alpha value is -1.13. The first kappa shape index (κ1) is 10.9. The van der Waals surface area contributed by atoms with Gasteiger partial charge in [0.05, 0.1) is 7.11 Å². The Balaban J connectivity index is 3.01. The zero-order valence-corrected chi connectivity index (χ0v) is 8.58. The van der Waals surface area contributed by atoms with Crippen molar-refractivity contribution in [2.45, 2.75) is 13.0 Å². The van der Waals surface area contributed by atoms with Crippen molar-refractivity contribution in [3.05, 3.63) is 28.5 Å². The molecule has 14 heavy (non-hydrogen) atoms. The van der Waals surface area contributed by atoms with Gasteiger partial charge in [-0.15, -0.1) is 0 Å². The van der Waals surface area contributed by atoms with Crippen LogP contribution < -0.4 is 0 Å². The molecule has 5 heteroatoms. The van der Waals surface area contributed by atoms with Gasteiger partial charge in [-0.1, -0.05) is 17.7 Å². The summed E-state index contributed by atoms with van der Waals surface area (Å²) in [5.74, 6) is -0.752. The summed E-state index contributed by atoms with van der Waals surface area (Å²) in [5.41, 5.74) is 0.972. The number of nitrogens with zero attached hydrogens (tertiary/aromatic N) is 1. The molecular weight excluding hydrogens is 206 g/mol. The van der Waals surface area contributed by atoms with E-state index in [4.69, 9.17) is 11.6 Å². The number of aryl methyl sites for hydroxylation is 1. The van der Waals surface area contributed by atoms with Gasteiger partial charge in [-0.25, -0.2) is 9.78 Å². The molecule has 0 radical (unpaired) electrons. The second-order valence-electron chi connectivity index (χ2n) is 2.76. The van der Waals surface area contributed by atoms with E-state index in [1.165, 1.54) is 7.11 Å². The minimum atomic E-state index is -1.37. The van der Waals surface area contributed by atoms with Gasteiger partial charge in [0.25, 0.3) is 0 Å². The summed E-state index contributed by atoms with van der Waals surface area (Å²) in [6.07, 6.45) is -1.37. The Morgan fingerprint density at radius 1 is 1.64 bits per heavy atom. The summed E-state index contributed by atoms with van der Waals surface area (Å²) < 4.78 is 4.38. The van der Waals surface area contributed by atoms with Crippen LogP contribution in [-0.4, -0.2) is 23.2 Å². The van der Waals surface area contributed by atoms with Crippen molar-refractivity contribution >= 4 is 17.6 Å². The maximum atomic E-state index is 11.0. The van der Waals surface area contributed by atoms with Gasteiger partial charge in [-0.3, -0.25) is 0 Å². The maximum absolute atomic E-state index is 11.0. The van der Waals surface area contributed by atoms with Crippen LogP contribution in [0.5, 0.6) is 0 Å². The van der Waals surface area contributed by atoms with Crippen LogP contribution >= 0.6 is 11.6 Å². The normalized spacial score (nSPS) is 12.3. The van der Waals surface area contributed by atoms with Crippen molar-refractivity contribution in [1.29, 1.82) is 0 Å². The van der Waals surface area contributed by atoms with Gasteiger partial charge in [0.2, 0.25) is 0 Å². The van der Waals surface area contributed by atoms with E-state index in [0.29, 0.717) is 0 Å². The number of aromatic nitrogens is 1. The lowest BCUT2D eigenvalue weighted by molar-refractivity contribution is -0.150. The fraction of sp³-hybridized carbons (Fsp3) is 0.333. The molecule has 0 fully saturated rings. The van der Waals surface area contributed by atoms with E-state index in [1.54, 1.807) is 19.1 Å². The first-order chi connectivity index (χ1) is 6.56. The molecule has 1 aromatic rings. The zero-order chi connectivity index (χ0) is 10.7. The predicted octanol–water partition coefficient (Wildman–Crippen LogP) is 1.25. The summed E-state index contributed by atoms with van der Waals surface area (Å²) in [4.78, 5) is 14.9. The number of carbonyl (C=O) groups is 1. The molecule has 4 nitrogen and oxygen atoms in total. The number of carbonyl (C=O) groups excluding carboxylic acids is 1. The van der Waals surface area contributed by atoms with Crippen LogP contribution in [0.3, 0.4) is 0 Å². The van der Waals surface area contributed by atoms with E-state index in [-0.39, 0.29) is 10.7 Å². The third kappa shape index (κ3) is 2.21. The molecule has 0 spiro atoms. The van der Waals surface area contributed by atoms with Crippen LogP contribution in [0.15, 0.2) is 12.1 Å². The lowest BCUT2D eigenvalue weighted by atomic mass is 10.1. The van der Waals surface area contributed by atoms with Gasteiger partial charge in [-0.05, 0) is 13.0 Å². The number of aliphatic hydroxyl groups excluding tert-OH is 1. The van der Waals surface area contributed by atoms with Gasteiger partial charge in [0.1, 0.15) is 5.15 Å². The van der Waals surface area contributed by atoms with Crippen LogP contribution in [0.2, 0.25) is 5.15 Å². The average Bonchev–Trinajstić information content (AvgIpc) is 2.15. The SMILES string of the molecule is COC(=O)C(O)c1ccc(C)nc1Cl. The van der Waals surface area contributed by atoms with Crippen molar-refractivity contribution in [2.24, 2.45) is 0 Å². The summed E-state index contributed by atoms with van der Waals surface area (Å²) in [7, 11) is 1.20. The molecule has 0 aromatic carbocycles.